The largest absolute Gasteiger partial charge is 0.331 e. The summed E-state index contributed by atoms with van der Waals surface area (Å²) < 4.78 is 0. The van der Waals surface area contributed by atoms with E-state index in [-0.39, 0.29) is 11.9 Å². The molecule has 0 N–H and O–H groups in total. The highest BCUT2D eigenvalue weighted by atomic mass is 32.1. The Morgan fingerprint density at radius 2 is 2.22 bits per heavy atom. The number of hydrogen-bond donors (Lipinski definition) is 0. The Bertz CT molecular complexity index is 695. The Labute approximate surface area is 141 Å². The van der Waals surface area contributed by atoms with Crippen molar-refractivity contribution in [3.8, 4) is 0 Å². The Kier molecular flexibility index (Phi) is 4.78. The molecule has 3 heterocycles. The lowest BCUT2D eigenvalue weighted by molar-refractivity contribution is 0.0740. The smallest absolute Gasteiger partial charge is 0.264 e. The molecule has 0 aliphatic carbocycles. The molecule has 0 spiro atoms. The van der Waals surface area contributed by atoms with Crippen LogP contribution in [0.25, 0.3) is 0 Å². The predicted molar refractivity (Wildman–Crippen MR) is 93.7 cm³/mol. The molecular weight excluding hydrogens is 306 g/mol. The number of pyridine rings is 1. The van der Waals surface area contributed by atoms with Gasteiger partial charge in [0.25, 0.3) is 5.91 Å². The van der Waals surface area contributed by atoms with Crippen LogP contribution >= 0.6 is 11.3 Å². The SMILES string of the molecule is Cc1ccc(C(=O)N2CCC[C@@H]2c2ccnc(CN(C)C)c2)s1. The van der Waals surface area contributed by atoms with E-state index in [9.17, 15) is 4.79 Å². The van der Waals surface area contributed by atoms with Crippen molar-refractivity contribution in [3.05, 3.63) is 51.5 Å². The molecule has 1 amide bonds. The average Bonchev–Trinajstić information content (AvgIpc) is 3.15. The Balaban J connectivity index is 1.82. The van der Waals surface area contributed by atoms with Crippen LogP contribution < -0.4 is 0 Å². The van der Waals surface area contributed by atoms with Crippen LogP contribution in [0, 0.1) is 6.92 Å². The number of hydrogen-bond acceptors (Lipinski definition) is 4. The van der Waals surface area contributed by atoms with Crippen molar-refractivity contribution in [1.82, 2.24) is 14.8 Å². The summed E-state index contributed by atoms with van der Waals surface area (Å²) in [5, 5.41) is 0. The van der Waals surface area contributed by atoms with Gasteiger partial charge in [-0.2, -0.15) is 0 Å². The summed E-state index contributed by atoms with van der Waals surface area (Å²) in [6.07, 6.45) is 3.96. The summed E-state index contributed by atoms with van der Waals surface area (Å²) in [6.45, 7) is 3.70. The number of carbonyl (C=O) groups excluding carboxylic acids is 1. The fourth-order valence-electron chi connectivity index (χ4n) is 3.16. The first-order valence-corrected chi connectivity index (χ1v) is 8.83. The number of carbonyl (C=O) groups is 1. The maximum atomic E-state index is 12.8. The van der Waals surface area contributed by atoms with E-state index >= 15 is 0 Å². The van der Waals surface area contributed by atoms with E-state index in [2.05, 4.69) is 22.0 Å². The highest BCUT2D eigenvalue weighted by Crippen LogP contribution is 2.34. The van der Waals surface area contributed by atoms with E-state index in [0.29, 0.717) is 0 Å². The van der Waals surface area contributed by atoms with E-state index in [1.807, 2.05) is 44.2 Å². The molecule has 0 unspecified atom stereocenters. The van der Waals surface area contributed by atoms with E-state index in [0.717, 1.165) is 36.5 Å². The van der Waals surface area contributed by atoms with Gasteiger partial charge in [-0.15, -0.1) is 11.3 Å². The van der Waals surface area contributed by atoms with Crippen molar-refractivity contribution in [3.63, 3.8) is 0 Å². The van der Waals surface area contributed by atoms with E-state index < -0.39 is 0 Å². The standard InChI is InChI=1S/C18H23N3OS/c1-13-6-7-17(23-13)18(22)21-10-4-5-16(21)14-8-9-19-15(11-14)12-20(2)3/h6-9,11,16H,4-5,10,12H2,1-3H3/t16-/m1/s1. The minimum Gasteiger partial charge on any atom is -0.331 e. The van der Waals surface area contributed by atoms with Gasteiger partial charge in [0.15, 0.2) is 0 Å². The third-order valence-electron chi connectivity index (χ3n) is 4.17. The molecule has 1 saturated heterocycles. The van der Waals surface area contributed by atoms with Gasteiger partial charge >= 0.3 is 0 Å². The summed E-state index contributed by atoms with van der Waals surface area (Å²) in [7, 11) is 4.08. The zero-order chi connectivity index (χ0) is 16.4. The maximum absolute atomic E-state index is 12.8. The summed E-state index contributed by atoms with van der Waals surface area (Å²) in [5.74, 6) is 0.163. The Morgan fingerprint density at radius 1 is 1.39 bits per heavy atom. The van der Waals surface area contributed by atoms with Crippen molar-refractivity contribution >= 4 is 17.2 Å². The minimum atomic E-state index is 0.163. The van der Waals surface area contributed by atoms with Crippen LogP contribution in [0.2, 0.25) is 0 Å². The number of aromatic nitrogens is 1. The molecule has 1 atom stereocenters. The normalized spacial score (nSPS) is 17.9. The lowest BCUT2D eigenvalue weighted by Crippen LogP contribution is -2.30. The number of likely N-dealkylation sites (tertiary alicyclic amines) is 1. The second kappa shape index (κ2) is 6.81. The molecule has 1 aliphatic heterocycles. The summed E-state index contributed by atoms with van der Waals surface area (Å²) in [4.78, 5) is 23.4. The van der Waals surface area contributed by atoms with Crippen LogP contribution in [0.1, 0.15) is 44.7 Å². The molecule has 23 heavy (non-hydrogen) atoms. The minimum absolute atomic E-state index is 0.163. The quantitative estimate of drug-likeness (QED) is 0.861. The first-order chi connectivity index (χ1) is 11.0. The lowest BCUT2D eigenvalue weighted by atomic mass is 10.0. The molecule has 1 aliphatic rings. The third-order valence-corrected chi connectivity index (χ3v) is 5.16. The Morgan fingerprint density at radius 3 is 2.91 bits per heavy atom. The molecule has 2 aromatic rings. The number of thiophene rings is 1. The maximum Gasteiger partial charge on any atom is 0.264 e. The van der Waals surface area contributed by atoms with Gasteiger partial charge in [0, 0.05) is 24.2 Å². The molecule has 4 nitrogen and oxygen atoms in total. The molecule has 0 aromatic carbocycles. The van der Waals surface area contributed by atoms with Crippen molar-refractivity contribution in [2.75, 3.05) is 20.6 Å². The molecule has 5 heteroatoms. The van der Waals surface area contributed by atoms with E-state index in [1.54, 1.807) is 11.3 Å². The monoisotopic (exact) mass is 329 g/mol. The molecule has 2 aromatic heterocycles. The van der Waals surface area contributed by atoms with Gasteiger partial charge in [-0.25, -0.2) is 0 Å². The van der Waals surface area contributed by atoms with Gasteiger partial charge in [0.2, 0.25) is 0 Å². The second-order valence-corrected chi connectivity index (χ2v) is 7.67. The van der Waals surface area contributed by atoms with Crippen LogP contribution in [0.4, 0.5) is 0 Å². The summed E-state index contributed by atoms with van der Waals surface area (Å²) in [5.41, 5.74) is 2.26. The van der Waals surface area contributed by atoms with Crippen LogP contribution in [-0.4, -0.2) is 41.3 Å². The molecule has 0 radical (unpaired) electrons. The molecule has 0 bridgehead atoms. The van der Waals surface area contributed by atoms with Gasteiger partial charge in [0.05, 0.1) is 16.6 Å². The van der Waals surface area contributed by atoms with Gasteiger partial charge in [-0.1, -0.05) is 0 Å². The second-order valence-electron chi connectivity index (χ2n) is 6.39. The molecule has 0 saturated carbocycles. The highest BCUT2D eigenvalue weighted by Gasteiger charge is 2.31. The molecule has 122 valence electrons. The first-order valence-electron chi connectivity index (χ1n) is 8.01. The average molecular weight is 329 g/mol. The van der Waals surface area contributed by atoms with Gasteiger partial charge in [-0.3, -0.25) is 9.78 Å². The molecular formula is C18H23N3OS. The van der Waals surface area contributed by atoms with Crippen LogP contribution in [-0.2, 0) is 6.54 Å². The Hall–Kier alpha value is -1.72. The van der Waals surface area contributed by atoms with E-state index in [1.165, 1.54) is 10.4 Å². The fraction of sp³-hybridized carbons (Fsp3) is 0.444. The number of aryl methyl sites for hydroxylation is 1. The van der Waals surface area contributed by atoms with E-state index in [4.69, 9.17) is 0 Å². The van der Waals surface area contributed by atoms with Gasteiger partial charge in [-0.05, 0) is 63.7 Å². The predicted octanol–water partition coefficient (Wildman–Crippen LogP) is 3.49. The number of amides is 1. The number of nitrogens with zero attached hydrogens (tertiary/aromatic N) is 3. The molecule has 3 rings (SSSR count). The van der Waals surface area contributed by atoms with Gasteiger partial charge < -0.3 is 9.80 Å². The first kappa shape index (κ1) is 16.1. The number of rotatable bonds is 4. The third kappa shape index (κ3) is 3.62. The topological polar surface area (TPSA) is 36.4 Å². The summed E-state index contributed by atoms with van der Waals surface area (Å²) in [6, 6.07) is 8.34. The van der Waals surface area contributed by atoms with Crippen molar-refractivity contribution < 1.29 is 4.79 Å². The zero-order valence-electron chi connectivity index (χ0n) is 14.0. The van der Waals surface area contributed by atoms with Crippen LogP contribution in [0.15, 0.2) is 30.5 Å². The molecule has 1 fully saturated rings. The van der Waals surface area contributed by atoms with Crippen molar-refractivity contribution in [2.24, 2.45) is 0 Å². The lowest BCUT2D eigenvalue weighted by Gasteiger charge is -2.25. The van der Waals surface area contributed by atoms with Crippen LogP contribution in [0.3, 0.4) is 0 Å². The summed E-state index contributed by atoms with van der Waals surface area (Å²) >= 11 is 1.58. The van der Waals surface area contributed by atoms with Crippen molar-refractivity contribution in [1.29, 1.82) is 0 Å². The fourth-order valence-corrected chi connectivity index (χ4v) is 3.99. The van der Waals surface area contributed by atoms with Crippen molar-refractivity contribution in [2.45, 2.75) is 32.4 Å². The highest BCUT2D eigenvalue weighted by molar-refractivity contribution is 7.13. The van der Waals surface area contributed by atoms with Crippen LogP contribution in [0.5, 0.6) is 0 Å². The van der Waals surface area contributed by atoms with Gasteiger partial charge in [0.1, 0.15) is 0 Å². The zero-order valence-corrected chi connectivity index (χ0v) is 14.8.